The summed E-state index contributed by atoms with van der Waals surface area (Å²) in [5, 5.41) is 0. The van der Waals surface area contributed by atoms with Crippen LogP contribution in [0.25, 0.3) is 0 Å². The molecule has 0 aromatic rings. The number of hydrogen-bond acceptors (Lipinski definition) is 0. The minimum absolute atomic E-state index is 0. The Bertz CT molecular complexity index is 8.00. The molecule has 0 spiro atoms. The van der Waals surface area contributed by atoms with Gasteiger partial charge in [0.15, 0.2) is 0 Å². The predicted octanol–water partition coefficient (Wildman–Crippen LogP) is 0.0506. The average Bonchev–Trinajstić information content (AvgIpc) is 0. The SMILES string of the molecule is P.[Cu].[Fe].[Zn]. The van der Waals surface area contributed by atoms with Gasteiger partial charge in [0.05, 0.1) is 0 Å². The fraction of sp³-hybridized carbons (Fsp3) is 0. The van der Waals surface area contributed by atoms with Crippen LogP contribution in [0.15, 0.2) is 0 Å². The molecule has 4 heteroatoms. The van der Waals surface area contributed by atoms with Gasteiger partial charge in [-0.2, -0.15) is 9.90 Å². The van der Waals surface area contributed by atoms with Crippen molar-refractivity contribution in [1.82, 2.24) is 0 Å². The normalized spacial score (nSPS) is 0. The predicted molar refractivity (Wildman–Crippen MR) is 11.1 cm³/mol. The molecule has 0 bridgehead atoms. The van der Waals surface area contributed by atoms with Gasteiger partial charge in [-0.15, -0.1) is 0 Å². The first-order chi connectivity index (χ1) is 0. The maximum absolute atomic E-state index is 0. The van der Waals surface area contributed by atoms with Gasteiger partial charge in [0, 0.05) is 53.6 Å². The Morgan fingerprint density at radius 2 is 1.00 bits per heavy atom. The van der Waals surface area contributed by atoms with Crippen molar-refractivity contribution >= 4 is 9.90 Å². The Labute approximate surface area is 63.2 Å². The molecule has 1 atom stereocenters. The van der Waals surface area contributed by atoms with Crippen LogP contribution in [0.5, 0.6) is 0 Å². The molecule has 0 nitrogen and oxygen atoms in total. The van der Waals surface area contributed by atoms with Crippen LogP contribution >= 0.6 is 9.90 Å². The second-order valence-electron chi connectivity index (χ2n) is 0. The van der Waals surface area contributed by atoms with Crippen LogP contribution in [-0.4, -0.2) is 0 Å². The fourth-order valence-corrected chi connectivity index (χ4v) is 0. The zero-order valence-corrected chi connectivity index (χ0v) is 8.50. The monoisotopic (exact) mass is 217 g/mol. The van der Waals surface area contributed by atoms with E-state index < -0.39 is 0 Å². The first-order valence-corrected chi connectivity index (χ1v) is 0. The summed E-state index contributed by atoms with van der Waals surface area (Å²) >= 11 is 0. The van der Waals surface area contributed by atoms with Gasteiger partial charge in [0.25, 0.3) is 0 Å². The van der Waals surface area contributed by atoms with Crippen LogP contribution in [0.3, 0.4) is 0 Å². The summed E-state index contributed by atoms with van der Waals surface area (Å²) < 4.78 is 0. The summed E-state index contributed by atoms with van der Waals surface area (Å²) in [7, 11) is 0. The number of hydrogen-bond donors (Lipinski definition) is 0. The molecule has 0 N–H and O–H groups in total. The summed E-state index contributed by atoms with van der Waals surface area (Å²) in [6, 6.07) is 0. The van der Waals surface area contributed by atoms with Crippen molar-refractivity contribution < 1.29 is 53.6 Å². The molecule has 1 unspecified atom stereocenters. The van der Waals surface area contributed by atoms with Crippen molar-refractivity contribution in [1.29, 1.82) is 0 Å². The topological polar surface area (TPSA) is 0 Å². The molecule has 0 aromatic heterocycles. The second kappa shape index (κ2) is 19.5. The zero-order chi connectivity index (χ0) is 0. The summed E-state index contributed by atoms with van der Waals surface area (Å²) in [6.07, 6.45) is 0. The molecule has 0 aliphatic carbocycles. The Balaban J connectivity index is 0. The molecule has 0 saturated heterocycles. The van der Waals surface area contributed by atoms with E-state index in [9.17, 15) is 0 Å². The number of rotatable bonds is 0. The molecule has 29 valence electrons. The Morgan fingerprint density at radius 1 is 1.00 bits per heavy atom. The van der Waals surface area contributed by atoms with E-state index in [0.717, 1.165) is 0 Å². The molecule has 0 heterocycles. The standard InChI is InChI=1S/Cu.Fe.H3P.Zn/h;;1H3;. The first-order valence-electron chi connectivity index (χ1n) is 0. The van der Waals surface area contributed by atoms with Gasteiger partial charge >= 0.3 is 0 Å². The molecule has 0 rings (SSSR count). The van der Waals surface area contributed by atoms with E-state index in [2.05, 4.69) is 0 Å². The summed E-state index contributed by atoms with van der Waals surface area (Å²) in [5.41, 5.74) is 0. The molecule has 0 amide bonds. The van der Waals surface area contributed by atoms with Gasteiger partial charge in [-0.1, -0.05) is 0 Å². The van der Waals surface area contributed by atoms with Crippen molar-refractivity contribution in [2.45, 2.75) is 0 Å². The van der Waals surface area contributed by atoms with Gasteiger partial charge in [-0.05, 0) is 0 Å². The molecule has 0 aliphatic heterocycles. The zero-order valence-electron chi connectivity index (χ0n) is 2.07. The third-order valence-corrected chi connectivity index (χ3v) is 0. The quantitative estimate of drug-likeness (QED) is 0.398. The smallest absolute Gasteiger partial charge is 0 e. The van der Waals surface area contributed by atoms with Gasteiger partial charge in [0.1, 0.15) is 0 Å². The van der Waals surface area contributed by atoms with Crippen LogP contribution in [0.1, 0.15) is 0 Å². The Kier molecular flexibility index (Phi) is 176. The molecule has 0 aliphatic rings. The van der Waals surface area contributed by atoms with Crippen molar-refractivity contribution in [3.63, 3.8) is 0 Å². The Morgan fingerprint density at radius 3 is 1.00 bits per heavy atom. The van der Waals surface area contributed by atoms with Crippen molar-refractivity contribution in [2.24, 2.45) is 0 Å². The van der Waals surface area contributed by atoms with Gasteiger partial charge in [-0.3, -0.25) is 0 Å². The molecule has 0 saturated carbocycles. The fourth-order valence-electron chi connectivity index (χ4n) is 0. The van der Waals surface area contributed by atoms with E-state index in [1.54, 1.807) is 0 Å². The van der Waals surface area contributed by atoms with Crippen molar-refractivity contribution in [3.05, 3.63) is 0 Å². The summed E-state index contributed by atoms with van der Waals surface area (Å²) in [4.78, 5) is 0. The maximum Gasteiger partial charge on any atom is 0 e. The Hall–Kier alpha value is 2.09. The van der Waals surface area contributed by atoms with Gasteiger partial charge in [0.2, 0.25) is 0 Å². The van der Waals surface area contributed by atoms with Crippen molar-refractivity contribution in [3.8, 4) is 0 Å². The van der Waals surface area contributed by atoms with E-state index in [0.29, 0.717) is 0 Å². The largest absolute Gasteiger partial charge is 0.153 e. The molecule has 1 radical (unpaired) electrons. The molecule has 4 heavy (non-hydrogen) atoms. The van der Waals surface area contributed by atoms with E-state index in [4.69, 9.17) is 0 Å². The minimum atomic E-state index is 0. The second-order valence-corrected chi connectivity index (χ2v) is 0. The molecule has 0 aromatic carbocycles. The average molecular weight is 219 g/mol. The summed E-state index contributed by atoms with van der Waals surface area (Å²) in [5.74, 6) is 0. The molecular weight excluding hydrogens is 216 g/mol. The third kappa shape index (κ3) is 8.94. The van der Waals surface area contributed by atoms with Crippen LogP contribution in [0.4, 0.5) is 0 Å². The maximum atomic E-state index is 0. The van der Waals surface area contributed by atoms with Crippen LogP contribution in [-0.2, 0) is 53.6 Å². The summed E-state index contributed by atoms with van der Waals surface area (Å²) in [6.45, 7) is 0. The van der Waals surface area contributed by atoms with Crippen LogP contribution in [0, 0.1) is 0 Å². The first kappa shape index (κ1) is 36.1. The van der Waals surface area contributed by atoms with Crippen LogP contribution < -0.4 is 0 Å². The molecule has 0 fully saturated rings. The minimum Gasteiger partial charge on any atom is -0.153 e. The molecular formula is H3CuFePZn. The van der Waals surface area contributed by atoms with E-state index in [1.165, 1.54) is 0 Å². The van der Waals surface area contributed by atoms with Gasteiger partial charge < -0.3 is 0 Å². The van der Waals surface area contributed by atoms with E-state index in [1.807, 2.05) is 0 Å². The third-order valence-electron chi connectivity index (χ3n) is 0. The van der Waals surface area contributed by atoms with E-state index in [-0.39, 0.29) is 63.5 Å². The van der Waals surface area contributed by atoms with Crippen LogP contribution in [0.2, 0.25) is 0 Å². The van der Waals surface area contributed by atoms with Gasteiger partial charge in [-0.25, -0.2) is 0 Å². The van der Waals surface area contributed by atoms with E-state index >= 15 is 0 Å². The van der Waals surface area contributed by atoms with Crippen molar-refractivity contribution in [2.75, 3.05) is 0 Å².